The van der Waals surface area contributed by atoms with Crippen molar-refractivity contribution in [3.8, 4) is 0 Å². The van der Waals surface area contributed by atoms with Gasteiger partial charge in [0.2, 0.25) is 0 Å². The first-order valence-electron chi connectivity index (χ1n) is 7.31. The number of ether oxygens (including phenoxy) is 2. The van der Waals surface area contributed by atoms with E-state index in [0.717, 1.165) is 18.1 Å². The average Bonchev–Trinajstić information content (AvgIpc) is 2.65. The second-order valence-corrected chi connectivity index (χ2v) is 6.37. The van der Waals surface area contributed by atoms with Crippen molar-refractivity contribution in [2.75, 3.05) is 13.2 Å². The van der Waals surface area contributed by atoms with Gasteiger partial charge in [-0.15, -0.1) is 0 Å². The second kappa shape index (κ2) is 7.81. The standard InChI is InChI=1S/C16H29NO3/c1-12(2)17-10-15-13(3)9-14(20-15)11-18-7-8-19-16(4,5)6/h9,12,17H,7-8,10-11H2,1-6H3. The summed E-state index contributed by atoms with van der Waals surface area (Å²) in [5.74, 6) is 1.86. The lowest BCUT2D eigenvalue weighted by Gasteiger charge is -2.19. The Morgan fingerprint density at radius 2 is 1.95 bits per heavy atom. The van der Waals surface area contributed by atoms with Crippen molar-refractivity contribution < 1.29 is 13.9 Å². The van der Waals surface area contributed by atoms with E-state index in [9.17, 15) is 0 Å². The van der Waals surface area contributed by atoms with Crippen molar-refractivity contribution in [1.29, 1.82) is 0 Å². The lowest BCUT2D eigenvalue weighted by atomic mass is 10.2. The van der Waals surface area contributed by atoms with Crippen LogP contribution in [0.3, 0.4) is 0 Å². The molecule has 0 bridgehead atoms. The maximum atomic E-state index is 5.78. The highest BCUT2D eigenvalue weighted by atomic mass is 16.5. The van der Waals surface area contributed by atoms with E-state index >= 15 is 0 Å². The molecule has 0 saturated heterocycles. The van der Waals surface area contributed by atoms with E-state index in [0.29, 0.717) is 25.9 Å². The van der Waals surface area contributed by atoms with Crippen LogP contribution >= 0.6 is 0 Å². The Hall–Kier alpha value is -0.840. The molecule has 4 heteroatoms. The fraction of sp³-hybridized carbons (Fsp3) is 0.750. The third kappa shape index (κ3) is 7.08. The summed E-state index contributed by atoms with van der Waals surface area (Å²) < 4.78 is 16.9. The summed E-state index contributed by atoms with van der Waals surface area (Å²) in [6.45, 7) is 14.9. The van der Waals surface area contributed by atoms with Crippen LogP contribution in [-0.2, 0) is 22.6 Å². The van der Waals surface area contributed by atoms with Crippen molar-refractivity contribution in [1.82, 2.24) is 5.32 Å². The minimum Gasteiger partial charge on any atom is -0.462 e. The molecule has 0 atom stereocenters. The Balaban J connectivity index is 2.29. The zero-order valence-electron chi connectivity index (χ0n) is 13.7. The first-order chi connectivity index (χ1) is 9.28. The van der Waals surface area contributed by atoms with Crippen LogP contribution in [0, 0.1) is 6.92 Å². The number of nitrogens with one attached hydrogen (secondary N) is 1. The average molecular weight is 283 g/mol. The van der Waals surface area contributed by atoms with Crippen LogP contribution in [0.4, 0.5) is 0 Å². The van der Waals surface area contributed by atoms with Gasteiger partial charge in [-0.1, -0.05) is 13.8 Å². The van der Waals surface area contributed by atoms with E-state index in [1.54, 1.807) is 0 Å². The van der Waals surface area contributed by atoms with Gasteiger partial charge in [-0.3, -0.25) is 0 Å². The second-order valence-electron chi connectivity index (χ2n) is 6.37. The summed E-state index contributed by atoms with van der Waals surface area (Å²) in [6, 6.07) is 2.50. The molecule has 1 heterocycles. The van der Waals surface area contributed by atoms with Gasteiger partial charge < -0.3 is 19.2 Å². The van der Waals surface area contributed by atoms with Crippen molar-refractivity contribution in [2.24, 2.45) is 0 Å². The smallest absolute Gasteiger partial charge is 0.130 e. The highest BCUT2D eigenvalue weighted by Gasteiger charge is 2.10. The Kier molecular flexibility index (Phi) is 6.72. The van der Waals surface area contributed by atoms with E-state index < -0.39 is 0 Å². The van der Waals surface area contributed by atoms with Gasteiger partial charge in [0.25, 0.3) is 0 Å². The molecule has 0 aromatic carbocycles. The Morgan fingerprint density at radius 3 is 2.55 bits per heavy atom. The van der Waals surface area contributed by atoms with Gasteiger partial charge in [0, 0.05) is 6.04 Å². The molecule has 1 rings (SSSR count). The Morgan fingerprint density at radius 1 is 1.25 bits per heavy atom. The fourth-order valence-corrected chi connectivity index (χ4v) is 1.71. The summed E-state index contributed by atoms with van der Waals surface area (Å²) in [6.07, 6.45) is 0. The maximum Gasteiger partial charge on any atom is 0.130 e. The lowest BCUT2D eigenvalue weighted by molar-refractivity contribution is -0.0395. The molecule has 0 spiro atoms. The summed E-state index contributed by atoms with van der Waals surface area (Å²) in [5.41, 5.74) is 1.06. The third-order valence-electron chi connectivity index (χ3n) is 2.75. The van der Waals surface area contributed by atoms with Gasteiger partial charge in [0.15, 0.2) is 0 Å². The lowest BCUT2D eigenvalue weighted by Crippen LogP contribution is -2.22. The van der Waals surface area contributed by atoms with Crippen LogP contribution in [0.25, 0.3) is 0 Å². The molecule has 0 radical (unpaired) electrons. The normalized spacial score (nSPS) is 12.3. The number of aryl methyl sites for hydroxylation is 1. The summed E-state index contributed by atoms with van der Waals surface area (Å²) in [4.78, 5) is 0. The molecule has 4 nitrogen and oxygen atoms in total. The van der Waals surface area contributed by atoms with E-state index in [2.05, 4.69) is 26.1 Å². The highest BCUT2D eigenvalue weighted by Crippen LogP contribution is 2.15. The molecular weight excluding hydrogens is 254 g/mol. The van der Waals surface area contributed by atoms with Gasteiger partial charge >= 0.3 is 0 Å². The predicted molar refractivity (Wildman–Crippen MR) is 80.8 cm³/mol. The molecule has 116 valence electrons. The van der Waals surface area contributed by atoms with Crippen LogP contribution < -0.4 is 5.32 Å². The predicted octanol–water partition coefficient (Wildman–Crippen LogP) is 3.42. The molecule has 0 amide bonds. The van der Waals surface area contributed by atoms with Crippen LogP contribution in [0.1, 0.15) is 51.7 Å². The fourth-order valence-electron chi connectivity index (χ4n) is 1.71. The molecule has 1 N–H and O–H groups in total. The molecule has 0 aliphatic carbocycles. The zero-order chi connectivity index (χ0) is 15.2. The van der Waals surface area contributed by atoms with E-state index in [4.69, 9.17) is 13.9 Å². The van der Waals surface area contributed by atoms with E-state index in [1.807, 2.05) is 26.8 Å². The summed E-state index contributed by atoms with van der Waals surface area (Å²) >= 11 is 0. The van der Waals surface area contributed by atoms with Crippen molar-refractivity contribution in [3.63, 3.8) is 0 Å². The maximum absolute atomic E-state index is 5.78. The summed E-state index contributed by atoms with van der Waals surface area (Å²) in [5, 5.41) is 3.35. The third-order valence-corrected chi connectivity index (χ3v) is 2.75. The Bertz CT molecular complexity index is 391. The zero-order valence-corrected chi connectivity index (χ0v) is 13.7. The van der Waals surface area contributed by atoms with Crippen LogP contribution in [0.2, 0.25) is 0 Å². The molecule has 0 fully saturated rings. The molecule has 0 aliphatic rings. The molecule has 1 aromatic rings. The largest absolute Gasteiger partial charge is 0.462 e. The summed E-state index contributed by atoms with van der Waals surface area (Å²) in [7, 11) is 0. The SMILES string of the molecule is Cc1cc(COCCOC(C)(C)C)oc1CNC(C)C. The molecule has 1 aromatic heterocycles. The molecule has 0 unspecified atom stereocenters. The highest BCUT2D eigenvalue weighted by molar-refractivity contribution is 5.19. The molecule has 0 aliphatic heterocycles. The first-order valence-corrected chi connectivity index (χ1v) is 7.31. The monoisotopic (exact) mass is 283 g/mol. The van der Waals surface area contributed by atoms with Crippen LogP contribution in [0.5, 0.6) is 0 Å². The minimum atomic E-state index is -0.111. The van der Waals surface area contributed by atoms with E-state index in [1.165, 1.54) is 5.56 Å². The molecular formula is C16H29NO3. The van der Waals surface area contributed by atoms with Crippen molar-refractivity contribution >= 4 is 0 Å². The minimum absolute atomic E-state index is 0.111. The van der Waals surface area contributed by atoms with Crippen molar-refractivity contribution in [2.45, 2.75) is 66.3 Å². The first kappa shape index (κ1) is 17.2. The van der Waals surface area contributed by atoms with E-state index in [-0.39, 0.29) is 5.60 Å². The molecule has 0 saturated carbocycles. The van der Waals surface area contributed by atoms with Crippen molar-refractivity contribution in [3.05, 3.63) is 23.2 Å². The van der Waals surface area contributed by atoms with Crippen LogP contribution in [-0.4, -0.2) is 24.9 Å². The number of hydrogen-bond donors (Lipinski definition) is 1. The van der Waals surface area contributed by atoms with Gasteiger partial charge in [-0.05, 0) is 39.3 Å². The quantitative estimate of drug-likeness (QED) is 0.742. The Labute approximate surface area is 122 Å². The van der Waals surface area contributed by atoms with Gasteiger partial charge in [-0.2, -0.15) is 0 Å². The van der Waals surface area contributed by atoms with Gasteiger partial charge in [0.1, 0.15) is 18.1 Å². The number of hydrogen-bond acceptors (Lipinski definition) is 4. The number of rotatable bonds is 8. The molecule has 20 heavy (non-hydrogen) atoms. The number of furan rings is 1. The van der Waals surface area contributed by atoms with Gasteiger partial charge in [0.05, 0.1) is 25.4 Å². The van der Waals surface area contributed by atoms with Gasteiger partial charge in [-0.25, -0.2) is 0 Å². The topological polar surface area (TPSA) is 43.6 Å². The van der Waals surface area contributed by atoms with Crippen LogP contribution in [0.15, 0.2) is 10.5 Å².